The number of phosphoric acid groups is 1. The van der Waals surface area contributed by atoms with Gasteiger partial charge in [0.2, 0.25) is 0 Å². The second-order valence-corrected chi connectivity index (χ2v) is 11.9. The quantitative estimate of drug-likeness (QED) is 0.0504. The van der Waals surface area contributed by atoms with Gasteiger partial charge in [-0.15, -0.1) is 0 Å². The minimum atomic E-state index is -4.59. The predicted octanol–water partition coefficient (Wildman–Crippen LogP) is 6.38. The van der Waals surface area contributed by atoms with Crippen molar-refractivity contribution in [1.29, 1.82) is 0 Å². The molecule has 11 heteroatoms. The van der Waals surface area contributed by atoms with Gasteiger partial charge in [0.1, 0.15) is 12.7 Å². The zero-order valence-corrected chi connectivity index (χ0v) is 26.0. The van der Waals surface area contributed by atoms with Gasteiger partial charge in [0.05, 0.1) is 19.8 Å². The van der Waals surface area contributed by atoms with Gasteiger partial charge in [-0.3, -0.25) is 18.6 Å². The van der Waals surface area contributed by atoms with Crippen LogP contribution < -0.4 is 0 Å². The summed E-state index contributed by atoms with van der Waals surface area (Å²) in [5, 5.41) is 18.1. The van der Waals surface area contributed by atoms with Crippen LogP contribution in [-0.4, -0.2) is 65.7 Å². The summed E-state index contributed by atoms with van der Waals surface area (Å²) < 4.78 is 32.2. The van der Waals surface area contributed by atoms with E-state index in [0.29, 0.717) is 12.8 Å². The first kappa shape index (κ1) is 39.0. The second kappa shape index (κ2) is 26.8. The molecule has 0 heterocycles. The molecule has 0 aromatic carbocycles. The first-order valence-electron chi connectivity index (χ1n) is 15.5. The molecule has 0 bridgehead atoms. The van der Waals surface area contributed by atoms with Crippen molar-refractivity contribution in [2.24, 2.45) is 0 Å². The molecule has 0 rings (SSSR count). The molecule has 0 aromatic heterocycles. The average molecular weight is 597 g/mol. The van der Waals surface area contributed by atoms with Crippen LogP contribution in [0.15, 0.2) is 0 Å². The highest BCUT2D eigenvalue weighted by Gasteiger charge is 2.27. The lowest BCUT2D eigenvalue weighted by Gasteiger charge is -2.20. The molecule has 0 spiro atoms. The van der Waals surface area contributed by atoms with Crippen molar-refractivity contribution in [2.75, 3.05) is 26.4 Å². The van der Waals surface area contributed by atoms with Crippen LogP contribution in [0.2, 0.25) is 0 Å². The van der Waals surface area contributed by atoms with E-state index in [1.807, 2.05) is 0 Å². The molecule has 0 aliphatic rings. The Labute approximate surface area is 242 Å². The van der Waals surface area contributed by atoms with Gasteiger partial charge in [-0.2, -0.15) is 0 Å². The fraction of sp³-hybridized carbons (Fsp3) is 0.931. The summed E-state index contributed by atoms with van der Waals surface area (Å²) in [6.07, 6.45) is 16.9. The molecule has 3 atom stereocenters. The standard InChI is InChI=1S/C29H57O10P/c1-3-5-7-9-11-12-13-14-15-17-19-21-29(33)39-27(25-38-40(34,35)37-23-26(31)22-30)24-36-28(32)20-18-16-10-8-6-4-2/h26-27,30-31H,3-25H2,1-2H3,(H,34,35). The van der Waals surface area contributed by atoms with Crippen molar-refractivity contribution < 1.29 is 47.8 Å². The van der Waals surface area contributed by atoms with E-state index in [1.165, 1.54) is 51.4 Å². The molecule has 0 aromatic rings. The van der Waals surface area contributed by atoms with Crippen LogP contribution in [0.1, 0.15) is 136 Å². The number of carbonyl (C=O) groups excluding carboxylic acids is 2. The lowest BCUT2D eigenvalue weighted by Crippen LogP contribution is -2.29. The minimum Gasteiger partial charge on any atom is -0.462 e. The number of aliphatic hydroxyl groups excluding tert-OH is 2. The number of hydrogen-bond donors (Lipinski definition) is 3. The molecular formula is C29H57O10P. The van der Waals surface area contributed by atoms with Gasteiger partial charge in [0, 0.05) is 12.8 Å². The molecule has 0 saturated carbocycles. The Hall–Kier alpha value is -1.03. The molecule has 238 valence electrons. The summed E-state index contributed by atoms with van der Waals surface area (Å²) in [7, 11) is -4.59. The normalized spacial score (nSPS) is 14.4. The van der Waals surface area contributed by atoms with Gasteiger partial charge < -0.3 is 24.6 Å². The second-order valence-electron chi connectivity index (χ2n) is 10.5. The third-order valence-electron chi connectivity index (χ3n) is 6.51. The molecule has 0 saturated heterocycles. The van der Waals surface area contributed by atoms with Crippen molar-refractivity contribution in [3.63, 3.8) is 0 Å². The number of phosphoric ester groups is 1. The number of unbranched alkanes of at least 4 members (excludes halogenated alkanes) is 15. The lowest BCUT2D eigenvalue weighted by atomic mass is 10.1. The smallest absolute Gasteiger partial charge is 0.462 e. The monoisotopic (exact) mass is 596 g/mol. The van der Waals surface area contributed by atoms with Crippen LogP contribution in [0.25, 0.3) is 0 Å². The molecule has 0 aliphatic carbocycles. The number of aliphatic hydroxyl groups is 2. The van der Waals surface area contributed by atoms with Gasteiger partial charge in [-0.1, -0.05) is 110 Å². The van der Waals surface area contributed by atoms with Gasteiger partial charge in [0.15, 0.2) is 6.10 Å². The maximum absolute atomic E-state index is 12.4. The molecule has 0 amide bonds. The fourth-order valence-corrected chi connectivity index (χ4v) is 4.84. The Morgan fingerprint density at radius 3 is 1.55 bits per heavy atom. The number of carbonyl (C=O) groups is 2. The summed E-state index contributed by atoms with van der Waals surface area (Å²) in [6.45, 7) is 2.26. The van der Waals surface area contributed by atoms with E-state index < -0.39 is 51.8 Å². The Balaban J connectivity index is 4.44. The van der Waals surface area contributed by atoms with E-state index in [2.05, 4.69) is 18.4 Å². The molecule has 0 aliphatic heterocycles. The molecule has 3 unspecified atom stereocenters. The molecule has 3 N–H and O–H groups in total. The SMILES string of the molecule is CCCCCCCCCCCCCC(=O)OC(COC(=O)CCCCCCCC)COP(=O)(O)OCC(O)CO. The van der Waals surface area contributed by atoms with E-state index in [9.17, 15) is 24.2 Å². The topological polar surface area (TPSA) is 149 Å². The van der Waals surface area contributed by atoms with E-state index >= 15 is 0 Å². The van der Waals surface area contributed by atoms with Crippen LogP contribution in [0.4, 0.5) is 0 Å². The summed E-state index contributed by atoms with van der Waals surface area (Å²) in [6, 6.07) is 0. The first-order valence-corrected chi connectivity index (χ1v) is 17.0. The highest BCUT2D eigenvalue weighted by Crippen LogP contribution is 2.43. The van der Waals surface area contributed by atoms with Crippen LogP contribution in [0.3, 0.4) is 0 Å². The van der Waals surface area contributed by atoms with Crippen molar-refractivity contribution >= 4 is 19.8 Å². The lowest BCUT2D eigenvalue weighted by molar-refractivity contribution is -0.161. The Morgan fingerprint density at radius 1 is 0.650 bits per heavy atom. The van der Waals surface area contributed by atoms with Gasteiger partial charge in [-0.25, -0.2) is 4.57 Å². The maximum atomic E-state index is 12.4. The van der Waals surface area contributed by atoms with E-state index in [-0.39, 0.29) is 19.4 Å². The summed E-state index contributed by atoms with van der Waals surface area (Å²) >= 11 is 0. The van der Waals surface area contributed by atoms with Crippen molar-refractivity contribution in [2.45, 2.75) is 148 Å². The first-order chi connectivity index (χ1) is 19.2. The molecular weight excluding hydrogens is 539 g/mol. The van der Waals surface area contributed by atoms with Crippen molar-refractivity contribution in [3.05, 3.63) is 0 Å². The number of hydrogen-bond acceptors (Lipinski definition) is 9. The third-order valence-corrected chi connectivity index (χ3v) is 7.46. The minimum absolute atomic E-state index is 0.190. The highest BCUT2D eigenvalue weighted by molar-refractivity contribution is 7.47. The molecule has 0 radical (unpaired) electrons. The zero-order valence-electron chi connectivity index (χ0n) is 25.1. The fourth-order valence-electron chi connectivity index (χ4n) is 4.05. The largest absolute Gasteiger partial charge is 0.472 e. The van der Waals surface area contributed by atoms with Gasteiger partial charge >= 0.3 is 19.8 Å². The summed E-state index contributed by atoms with van der Waals surface area (Å²) in [5.41, 5.74) is 0. The highest BCUT2D eigenvalue weighted by atomic mass is 31.2. The van der Waals surface area contributed by atoms with Crippen LogP contribution in [0, 0.1) is 0 Å². The summed E-state index contributed by atoms with van der Waals surface area (Å²) in [5.74, 6) is -0.933. The summed E-state index contributed by atoms with van der Waals surface area (Å²) in [4.78, 5) is 34.3. The van der Waals surface area contributed by atoms with Gasteiger partial charge in [0.25, 0.3) is 0 Å². The van der Waals surface area contributed by atoms with E-state index in [4.69, 9.17) is 19.1 Å². The van der Waals surface area contributed by atoms with Gasteiger partial charge in [-0.05, 0) is 12.8 Å². The number of ether oxygens (including phenoxy) is 2. The molecule has 10 nitrogen and oxygen atoms in total. The Morgan fingerprint density at radius 2 is 1.07 bits per heavy atom. The predicted molar refractivity (Wildman–Crippen MR) is 155 cm³/mol. The molecule has 0 fully saturated rings. The van der Waals surface area contributed by atoms with Crippen molar-refractivity contribution in [1.82, 2.24) is 0 Å². The van der Waals surface area contributed by atoms with E-state index in [0.717, 1.165) is 44.9 Å². The van der Waals surface area contributed by atoms with Crippen LogP contribution >= 0.6 is 7.82 Å². The maximum Gasteiger partial charge on any atom is 0.472 e. The molecule has 40 heavy (non-hydrogen) atoms. The number of esters is 2. The van der Waals surface area contributed by atoms with Crippen molar-refractivity contribution in [3.8, 4) is 0 Å². The van der Waals surface area contributed by atoms with E-state index in [1.54, 1.807) is 0 Å². The average Bonchev–Trinajstić information content (AvgIpc) is 2.93. The zero-order chi connectivity index (χ0) is 29.9. The third kappa shape index (κ3) is 25.9. The van der Waals surface area contributed by atoms with Crippen LogP contribution in [-0.2, 0) is 32.7 Å². The van der Waals surface area contributed by atoms with Crippen LogP contribution in [0.5, 0.6) is 0 Å². The Kier molecular flexibility index (Phi) is 26.2. The Bertz CT molecular complexity index is 661. The number of rotatable bonds is 29.